The maximum absolute atomic E-state index is 11.7. The van der Waals surface area contributed by atoms with Crippen molar-refractivity contribution in [3.05, 3.63) is 30.3 Å². The summed E-state index contributed by atoms with van der Waals surface area (Å²) in [6.07, 6.45) is 0.237. The van der Waals surface area contributed by atoms with Crippen LogP contribution in [-0.2, 0) is 20.4 Å². The zero-order valence-electron chi connectivity index (χ0n) is 9.96. The number of carboxylic acids is 1. The Kier molecular flexibility index (Phi) is 5.51. The summed E-state index contributed by atoms with van der Waals surface area (Å²) in [5.41, 5.74) is 0.600. The Hall–Kier alpha value is -1.69. The van der Waals surface area contributed by atoms with Gasteiger partial charge in [0.15, 0.2) is 0 Å². The average molecular weight is 269 g/mol. The molecular formula is C12H15NO4S. The molecule has 98 valence electrons. The van der Waals surface area contributed by atoms with Gasteiger partial charge in [0.25, 0.3) is 0 Å². The Labute approximate surface area is 108 Å². The fraction of sp³-hybridized carbons (Fsp3) is 0.333. The third-order valence-electron chi connectivity index (χ3n) is 2.29. The number of para-hydroxylation sites is 1. The number of hydrogen-bond donors (Lipinski definition) is 2. The molecule has 18 heavy (non-hydrogen) atoms. The number of rotatable bonds is 6. The molecular weight excluding hydrogens is 254 g/mol. The molecule has 1 amide bonds. The van der Waals surface area contributed by atoms with Gasteiger partial charge in [-0.2, -0.15) is 0 Å². The molecule has 0 aliphatic heterocycles. The van der Waals surface area contributed by atoms with Gasteiger partial charge in [-0.1, -0.05) is 25.1 Å². The first-order valence-electron chi connectivity index (χ1n) is 5.49. The zero-order valence-corrected chi connectivity index (χ0v) is 10.8. The molecule has 0 saturated carbocycles. The van der Waals surface area contributed by atoms with Crippen molar-refractivity contribution in [3.8, 4) is 0 Å². The van der Waals surface area contributed by atoms with Gasteiger partial charge in [0.1, 0.15) is 11.0 Å². The summed E-state index contributed by atoms with van der Waals surface area (Å²) in [5, 5.41) is 10.4. The molecule has 1 aromatic rings. The Morgan fingerprint density at radius 1 is 1.33 bits per heavy atom. The molecule has 0 radical (unpaired) electrons. The summed E-state index contributed by atoms with van der Waals surface area (Å²) in [5.74, 6) is -1.89. The van der Waals surface area contributed by atoms with Crippen LogP contribution in [0.2, 0.25) is 0 Å². The van der Waals surface area contributed by atoms with Crippen LogP contribution < -0.4 is 5.32 Å². The maximum atomic E-state index is 11.7. The predicted molar refractivity (Wildman–Crippen MR) is 69.8 cm³/mol. The lowest BCUT2D eigenvalue weighted by atomic mass is 10.3. The summed E-state index contributed by atoms with van der Waals surface area (Å²) in [6.45, 7) is 1.63. The van der Waals surface area contributed by atoms with E-state index in [1.165, 1.54) is 0 Å². The summed E-state index contributed by atoms with van der Waals surface area (Å²) in [4.78, 5) is 22.4. The third kappa shape index (κ3) is 4.29. The van der Waals surface area contributed by atoms with E-state index in [9.17, 15) is 13.8 Å². The molecule has 5 nitrogen and oxygen atoms in total. The highest BCUT2D eigenvalue weighted by Crippen LogP contribution is 2.07. The molecule has 6 heteroatoms. The third-order valence-corrected chi connectivity index (χ3v) is 4.01. The van der Waals surface area contributed by atoms with E-state index < -0.39 is 27.9 Å². The van der Waals surface area contributed by atoms with Crippen molar-refractivity contribution < 1.29 is 18.9 Å². The van der Waals surface area contributed by atoms with Gasteiger partial charge in [-0.25, -0.2) is 0 Å². The average Bonchev–Trinajstić information content (AvgIpc) is 2.30. The van der Waals surface area contributed by atoms with E-state index in [4.69, 9.17) is 5.11 Å². The number of benzene rings is 1. The number of anilines is 1. The van der Waals surface area contributed by atoms with E-state index in [2.05, 4.69) is 5.32 Å². The second-order valence-corrected chi connectivity index (χ2v) is 5.29. The Morgan fingerprint density at radius 3 is 2.44 bits per heavy atom. The van der Waals surface area contributed by atoms with Gasteiger partial charge >= 0.3 is 5.97 Å². The first-order chi connectivity index (χ1) is 8.54. The van der Waals surface area contributed by atoms with Gasteiger partial charge in [-0.05, 0) is 18.6 Å². The van der Waals surface area contributed by atoms with Crippen molar-refractivity contribution in [2.24, 2.45) is 0 Å². The van der Waals surface area contributed by atoms with Crippen molar-refractivity contribution >= 4 is 28.4 Å². The fourth-order valence-electron chi connectivity index (χ4n) is 1.42. The first kappa shape index (κ1) is 14.4. The lowest BCUT2D eigenvalue weighted by Crippen LogP contribution is -2.31. The SMILES string of the molecule is CCC(C(=O)O)S(=O)CC(=O)Nc1ccccc1. The number of hydrogen-bond acceptors (Lipinski definition) is 3. The zero-order chi connectivity index (χ0) is 13.5. The summed E-state index contributed by atoms with van der Waals surface area (Å²) in [6, 6.07) is 8.74. The quantitative estimate of drug-likeness (QED) is 0.813. The summed E-state index contributed by atoms with van der Waals surface area (Å²) < 4.78 is 11.7. The van der Waals surface area contributed by atoms with Crippen molar-refractivity contribution in [2.45, 2.75) is 18.6 Å². The molecule has 2 atom stereocenters. The van der Waals surface area contributed by atoms with Crippen molar-refractivity contribution in [3.63, 3.8) is 0 Å². The number of carboxylic acid groups (broad SMARTS) is 1. The van der Waals surface area contributed by atoms with E-state index in [0.717, 1.165) is 0 Å². The molecule has 0 saturated heterocycles. The van der Waals surface area contributed by atoms with Crippen LogP contribution >= 0.6 is 0 Å². The Morgan fingerprint density at radius 2 is 1.94 bits per heavy atom. The molecule has 0 aromatic heterocycles. The van der Waals surface area contributed by atoms with E-state index >= 15 is 0 Å². The Balaban J connectivity index is 2.55. The lowest BCUT2D eigenvalue weighted by Gasteiger charge is -2.09. The van der Waals surface area contributed by atoms with Gasteiger partial charge in [0.05, 0.1) is 0 Å². The second-order valence-electron chi connectivity index (χ2n) is 3.67. The van der Waals surface area contributed by atoms with Gasteiger partial charge < -0.3 is 10.4 Å². The van der Waals surface area contributed by atoms with E-state index in [0.29, 0.717) is 5.69 Å². The minimum Gasteiger partial charge on any atom is -0.480 e. The second kappa shape index (κ2) is 6.90. The molecule has 1 rings (SSSR count). The van der Waals surface area contributed by atoms with Crippen LogP contribution in [0.5, 0.6) is 0 Å². The van der Waals surface area contributed by atoms with Crippen molar-refractivity contribution in [1.82, 2.24) is 0 Å². The van der Waals surface area contributed by atoms with Crippen LogP contribution in [-0.4, -0.2) is 32.2 Å². The highest BCUT2D eigenvalue weighted by Gasteiger charge is 2.24. The highest BCUT2D eigenvalue weighted by molar-refractivity contribution is 7.87. The predicted octanol–water partition coefficient (Wildman–Crippen LogP) is 1.24. The Bertz CT molecular complexity index is 447. The van der Waals surface area contributed by atoms with Crippen LogP contribution in [0.4, 0.5) is 5.69 Å². The summed E-state index contributed by atoms with van der Waals surface area (Å²) >= 11 is 0. The largest absolute Gasteiger partial charge is 0.480 e. The molecule has 2 N–H and O–H groups in total. The number of amides is 1. The molecule has 0 aliphatic rings. The number of carbonyl (C=O) groups excluding carboxylic acids is 1. The molecule has 2 unspecified atom stereocenters. The minimum absolute atomic E-state index is 0.237. The van der Waals surface area contributed by atoms with Gasteiger partial charge in [0, 0.05) is 16.5 Å². The van der Waals surface area contributed by atoms with Crippen LogP contribution in [0, 0.1) is 0 Å². The van der Waals surface area contributed by atoms with Gasteiger partial charge in [-0.15, -0.1) is 0 Å². The van der Waals surface area contributed by atoms with Gasteiger partial charge in [0.2, 0.25) is 5.91 Å². The monoisotopic (exact) mass is 269 g/mol. The number of nitrogens with one attached hydrogen (secondary N) is 1. The van der Waals surface area contributed by atoms with Crippen LogP contribution in [0.3, 0.4) is 0 Å². The summed E-state index contributed by atoms with van der Waals surface area (Å²) in [7, 11) is -1.70. The maximum Gasteiger partial charge on any atom is 0.319 e. The molecule has 0 fully saturated rings. The van der Waals surface area contributed by atoms with E-state index in [-0.39, 0.29) is 12.2 Å². The molecule has 1 aromatic carbocycles. The van der Waals surface area contributed by atoms with E-state index in [1.54, 1.807) is 31.2 Å². The first-order valence-corrected chi connectivity index (χ1v) is 6.87. The molecule has 0 spiro atoms. The van der Waals surface area contributed by atoms with Crippen molar-refractivity contribution in [1.29, 1.82) is 0 Å². The fourth-order valence-corrected chi connectivity index (χ4v) is 2.55. The standard InChI is InChI=1S/C12H15NO4S/c1-2-10(12(15)16)18(17)8-11(14)13-9-6-4-3-5-7-9/h3-7,10H,2,8H2,1H3,(H,13,14)(H,15,16). The van der Waals surface area contributed by atoms with Crippen LogP contribution in [0.25, 0.3) is 0 Å². The molecule has 0 bridgehead atoms. The minimum atomic E-state index is -1.70. The number of aliphatic carboxylic acids is 1. The van der Waals surface area contributed by atoms with Gasteiger partial charge in [-0.3, -0.25) is 13.8 Å². The van der Waals surface area contributed by atoms with Crippen molar-refractivity contribution in [2.75, 3.05) is 11.1 Å². The molecule has 0 heterocycles. The molecule has 0 aliphatic carbocycles. The highest BCUT2D eigenvalue weighted by atomic mass is 32.2. The smallest absolute Gasteiger partial charge is 0.319 e. The van der Waals surface area contributed by atoms with E-state index in [1.807, 2.05) is 6.07 Å². The number of carbonyl (C=O) groups is 2. The lowest BCUT2D eigenvalue weighted by molar-refractivity contribution is -0.136. The normalized spacial score (nSPS) is 13.6. The van der Waals surface area contributed by atoms with Crippen LogP contribution in [0.1, 0.15) is 13.3 Å². The van der Waals surface area contributed by atoms with Crippen LogP contribution in [0.15, 0.2) is 30.3 Å². The topological polar surface area (TPSA) is 83.5 Å².